The van der Waals surface area contributed by atoms with Crippen molar-refractivity contribution < 1.29 is 17.6 Å². The van der Waals surface area contributed by atoms with Crippen LogP contribution in [0.2, 0.25) is 0 Å². The number of amides is 1. The van der Waals surface area contributed by atoms with Gasteiger partial charge in [0.2, 0.25) is 0 Å². The van der Waals surface area contributed by atoms with Gasteiger partial charge in [-0.05, 0) is 29.6 Å². The zero-order chi connectivity index (χ0) is 14.9. The van der Waals surface area contributed by atoms with Gasteiger partial charge in [0, 0.05) is 4.47 Å². The second-order valence-electron chi connectivity index (χ2n) is 3.71. The van der Waals surface area contributed by atoms with Gasteiger partial charge in [-0.1, -0.05) is 15.9 Å². The summed E-state index contributed by atoms with van der Waals surface area (Å²) in [5.41, 5.74) is 5.16. The lowest BCUT2D eigenvalue weighted by molar-refractivity contribution is 0.100. The Morgan fingerprint density at radius 3 is 2.65 bits per heavy atom. The second kappa shape index (κ2) is 5.51. The SMILES string of the molecule is NC(=O)c1ccsc1NS(=O)(=O)c1ccc(Br)cc1F. The van der Waals surface area contributed by atoms with Gasteiger partial charge in [0.05, 0.1) is 5.56 Å². The van der Waals surface area contributed by atoms with Crippen molar-refractivity contribution in [3.8, 4) is 0 Å². The van der Waals surface area contributed by atoms with E-state index in [1.807, 2.05) is 0 Å². The molecule has 0 atom stereocenters. The number of carbonyl (C=O) groups excluding carboxylic acids is 1. The Bertz CT molecular complexity index is 774. The van der Waals surface area contributed by atoms with Gasteiger partial charge in [-0.25, -0.2) is 12.8 Å². The Kier molecular flexibility index (Phi) is 4.11. The van der Waals surface area contributed by atoms with Gasteiger partial charge in [0.1, 0.15) is 15.7 Å². The van der Waals surface area contributed by atoms with Crippen molar-refractivity contribution in [2.45, 2.75) is 4.90 Å². The molecule has 3 N–H and O–H groups in total. The summed E-state index contributed by atoms with van der Waals surface area (Å²) in [6, 6.07) is 4.96. The van der Waals surface area contributed by atoms with E-state index in [9.17, 15) is 17.6 Å². The molecule has 9 heteroatoms. The molecule has 0 saturated carbocycles. The minimum absolute atomic E-state index is 0.0381. The van der Waals surface area contributed by atoms with Crippen LogP contribution >= 0.6 is 27.3 Å². The molecule has 0 aliphatic carbocycles. The number of rotatable bonds is 4. The van der Waals surface area contributed by atoms with Gasteiger partial charge in [-0.2, -0.15) is 0 Å². The van der Waals surface area contributed by atoms with Gasteiger partial charge >= 0.3 is 0 Å². The van der Waals surface area contributed by atoms with Crippen molar-refractivity contribution >= 4 is 48.2 Å². The van der Waals surface area contributed by atoms with E-state index in [0.717, 1.165) is 23.5 Å². The highest BCUT2D eigenvalue weighted by atomic mass is 79.9. The van der Waals surface area contributed by atoms with Crippen molar-refractivity contribution in [2.24, 2.45) is 5.73 Å². The standard InChI is InChI=1S/C11H8BrFN2O3S2/c12-6-1-2-9(8(13)5-6)20(17,18)15-11-7(10(14)16)3-4-19-11/h1-5,15H,(H2,14,16). The first kappa shape index (κ1) is 14.9. The third kappa shape index (κ3) is 3.00. The molecule has 0 aliphatic heterocycles. The van der Waals surface area contributed by atoms with Crippen LogP contribution in [0.3, 0.4) is 0 Å². The largest absolute Gasteiger partial charge is 0.366 e. The zero-order valence-electron chi connectivity index (χ0n) is 9.76. The molecular formula is C11H8BrFN2O3S2. The van der Waals surface area contributed by atoms with Crippen molar-refractivity contribution in [3.63, 3.8) is 0 Å². The van der Waals surface area contributed by atoms with E-state index in [1.54, 1.807) is 0 Å². The third-order valence-corrected chi connectivity index (χ3v) is 5.18. The van der Waals surface area contributed by atoms with Crippen molar-refractivity contribution in [1.29, 1.82) is 0 Å². The molecule has 0 saturated heterocycles. The molecule has 0 aliphatic rings. The first-order valence-electron chi connectivity index (χ1n) is 5.16. The normalized spacial score (nSPS) is 11.3. The fraction of sp³-hybridized carbons (Fsp3) is 0. The van der Waals surface area contributed by atoms with Crippen molar-refractivity contribution in [1.82, 2.24) is 0 Å². The number of thiophene rings is 1. The number of benzene rings is 1. The molecule has 2 aromatic rings. The molecule has 1 aromatic heterocycles. The Morgan fingerprint density at radius 2 is 2.05 bits per heavy atom. The molecule has 0 bridgehead atoms. The van der Waals surface area contributed by atoms with Crippen LogP contribution in [0.5, 0.6) is 0 Å². The van der Waals surface area contributed by atoms with Crippen LogP contribution in [-0.4, -0.2) is 14.3 Å². The van der Waals surface area contributed by atoms with Crippen molar-refractivity contribution in [3.05, 3.63) is 45.5 Å². The topological polar surface area (TPSA) is 89.3 Å². The van der Waals surface area contributed by atoms with Crippen LogP contribution in [0.4, 0.5) is 9.39 Å². The van der Waals surface area contributed by atoms with Gasteiger partial charge < -0.3 is 5.73 Å². The molecule has 1 aromatic carbocycles. The molecular weight excluding hydrogens is 371 g/mol. The van der Waals surface area contributed by atoms with E-state index in [1.165, 1.54) is 17.5 Å². The third-order valence-electron chi connectivity index (χ3n) is 2.34. The minimum atomic E-state index is -4.13. The van der Waals surface area contributed by atoms with Crippen LogP contribution in [0.25, 0.3) is 0 Å². The van der Waals surface area contributed by atoms with Gasteiger partial charge in [-0.3, -0.25) is 9.52 Å². The smallest absolute Gasteiger partial charge is 0.265 e. The lowest BCUT2D eigenvalue weighted by atomic mass is 10.3. The lowest BCUT2D eigenvalue weighted by Crippen LogP contribution is -2.17. The molecule has 2 rings (SSSR count). The maximum Gasteiger partial charge on any atom is 0.265 e. The number of anilines is 1. The number of hydrogen-bond donors (Lipinski definition) is 2. The van der Waals surface area contributed by atoms with Crippen molar-refractivity contribution in [2.75, 3.05) is 4.72 Å². The van der Waals surface area contributed by atoms with Crippen LogP contribution in [0.1, 0.15) is 10.4 Å². The Hall–Kier alpha value is -1.45. The highest BCUT2D eigenvalue weighted by Gasteiger charge is 2.22. The van der Waals surface area contributed by atoms with Gasteiger partial charge in [-0.15, -0.1) is 11.3 Å². The monoisotopic (exact) mass is 378 g/mol. The van der Waals surface area contributed by atoms with E-state index >= 15 is 0 Å². The van der Waals surface area contributed by atoms with E-state index in [2.05, 4.69) is 20.7 Å². The first-order chi connectivity index (χ1) is 9.31. The number of carbonyl (C=O) groups is 1. The summed E-state index contributed by atoms with van der Waals surface area (Å²) in [6.45, 7) is 0. The van der Waals surface area contributed by atoms with Crippen LogP contribution in [-0.2, 0) is 10.0 Å². The maximum absolute atomic E-state index is 13.7. The van der Waals surface area contributed by atoms with Gasteiger partial charge in [0.25, 0.3) is 15.9 Å². The summed E-state index contributed by atoms with van der Waals surface area (Å²) < 4.78 is 40.5. The molecule has 0 radical (unpaired) electrons. The predicted octanol–water partition coefficient (Wildman–Crippen LogP) is 2.55. The summed E-state index contributed by atoms with van der Waals surface area (Å²) in [5, 5.41) is 1.57. The fourth-order valence-corrected chi connectivity index (χ4v) is 3.97. The Morgan fingerprint density at radius 1 is 1.35 bits per heavy atom. The number of primary amides is 1. The molecule has 0 unspecified atom stereocenters. The van der Waals surface area contributed by atoms with Crippen LogP contribution in [0, 0.1) is 5.82 Å². The number of nitrogens with two attached hydrogens (primary N) is 1. The summed E-state index contributed by atoms with van der Waals surface area (Å²) in [6.07, 6.45) is 0. The highest BCUT2D eigenvalue weighted by molar-refractivity contribution is 9.10. The van der Waals surface area contributed by atoms with Crippen LogP contribution < -0.4 is 10.5 Å². The maximum atomic E-state index is 13.7. The van der Waals surface area contributed by atoms with Gasteiger partial charge in [0.15, 0.2) is 0 Å². The zero-order valence-corrected chi connectivity index (χ0v) is 13.0. The molecule has 1 heterocycles. The van der Waals surface area contributed by atoms with E-state index in [0.29, 0.717) is 4.47 Å². The Labute approximate surface area is 126 Å². The second-order valence-corrected chi connectivity index (χ2v) is 7.19. The number of halogens is 2. The molecule has 106 valence electrons. The Balaban J connectivity index is 2.41. The number of sulfonamides is 1. The van der Waals surface area contributed by atoms with E-state index in [4.69, 9.17) is 5.73 Å². The molecule has 0 spiro atoms. The predicted molar refractivity (Wildman–Crippen MR) is 77.7 cm³/mol. The average molecular weight is 379 g/mol. The van der Waals surface area contributed by atoms with E-state index in [-0.39, 0.29) is 10.6 Å². The number of hydrogen-bond acceptors (Lipinski definition) is 4. The summed E-state index contributed by atoms with van der Waals surface area (Å²) in [4.78, 5) is 10.6. The average Bonchev–Trinajstić information content (AvgIpc) is 2.75. The highest BCUT2D eigenvalue weighted by Crippen LogP contribution is 2.27. The minimum Gasteiger partial charge on any atom is -0.366 e. The van der Waals surface area contributed by atoms with Crippen LogP contribution in [0.15, 0.2) is 39.0 Å². The quantitative estimate of drug-likeness (QED) is 0.856. The fourth-order valence-electron chi connectivity index (χ4n) is 1.45. The molecule has 1 amide bonds. The lowest BCUT2D eigenvalue weighted by Gasteiger charge is -2.08. The first-order valence-corrected chi connectivity index (χ1v) is 8.32. The molecule has 20 heavy (non-hydrogen) atoms. The van der Waals surface area contributed by atoms with E-state index < -0.39 is 26.6 Å². The summed E-state index contributed by atoms with van der Waals surface area (Å²) >= 11 is 4.03. The summed E-state index contributed by atoms with van der Waals surface area (Å²) in [7, 11) is -4.13. The number of nitrogens with one attached hydrogen (secondary N) is 1. The molecule has 0 fully saturated rings. The molecule has 5 nitrogen and oxygen atoms in total. The summed E-state index contributed by atoms with van der Waals surface area (Å²) in [5.74, 6) is -1.66.